The van der Waals surface area contributed by atoms with Crippen molar-refractivity contribution < 1.29 is 0 Å². The standard InChI is InChI=1S/C18H38N2/c1-3-4-5-6-7-8-9-10-11-12-15-19-17(2)16-20-18-13-14-18/h17-20H,3-16H2,1-2H3. The van der Waals surface area contributed by atoms with Crippen LogP contribution in [0.4, 0.5) is 0 Å². The average Bonchev–Trinajstić information content (AvgIpc) is 3.27. The molecule has 0 aromatic rings. The first-order chi connectivity index (χ1) is 9.83. The van der Waals surface area contributed by atoms with E-state index >= 15 is 0 Å². The van der Waals surface area contributed by atoms with E-state index in [-0.39, 0.29) is 0 Å². The van der Waals surface area contributed by atoms with Gasteiger partial charge in [0.2, 0.25) is 0 Å². The molecule has 1 saturated carbocycles. The highest BCUT2D eigenvalue weighted by molar-refractivity contribution is 4.82. The lowest BCUT2D eigenvalue weighted by Crippen LogP contribution is -2.37. The monoisotopic (exact) mass is 282 g/mol. The fraction of sp³-hybridized carbons (Fsp3) is 1.00. The quantitative estimate of drug-likeness (QED) is 0.428. The van der Waals surface area contributed by atoms with Crippen LogP contribution >= 0.6 is 0 Å². The maximum Gasteiger partial charge on any atom is 0.0164 e. The molecular formula is C18H38N2. The SMILES string of the molecule is CCCCCCCCCCCCNC(C)CNC1CC1. The highest BCUT2D eigenvalue weighted by Crippen LogP contribution is 2.18. The Labute approximate surface area is 127 Å². The fourth-order valence-corrected chi connectivity index (χ4v) is 2.66. The van der Waals surface area contributed by atoms with E-state index in [0.29, 0.717) is 6.04 Å². The third kappa shape index (κ3) is 11.7. The van der Waals surface area contributed by atoms with Crippen molar-refractivity contribution >= 4 is 0 Å². The molecule has 2 N–H and O–H groups in total. The van der Waals surface area contributed by atoms with E-state index in [1.807, 2.05) is 0 Å². The number of hydrogen-bond donors (Lipinski definition) is 2. The summed E-state index contributed by atoms with van der Waals surface area (Å²) in [5.74, 6) is 0. The lowest BCUT2D eigenvalue weighted by Gasteiger charge is -2.14. The number of unbranched alkanes of at least 4 members (excludes halogenated alkanes) is 9. The third-order valence-electron chi connectivity index (χ3n) is 4.31. The second-order valence-corrected chi connectivity index (χ2v) is 6.72. The minimum Gasteiger partial charge on any atom is -0.313 e. The third-order valence-corrected chi connectivity index (χ3v) is 4.31. The number of hydrogen-bond acceptors (Lipinski definition) is 2. The summed E-state index contributed by atoms with van der Waals surface area (Å²) in [6.07, 6.45) is 17.1. The van der Waals surface area contributed by atoms with Gasteiger partial charge in [-0.15, -0.1) is 0 Å². The molecule has 0 heterocycles. The molecule has 1 atom stereocenters. The smallest absolute Gasteiger partial charge is 0.0164 e. The normalized spacial score (nSPS) is 16.5. The van der Waals surface area contributed by atoms with Crippen LogP contribution in [0.25, 0.3) is 0 Å². The van der Waals surface area contributed by atoms with Gasteiger partial charge in [0.15, 0.2) is 0 Å². The molecule has 1 aliphatic carbocycles. The molecule has 1 aliphatic rings. The predicted octanol–water partition coefficient (Wildman–Crippen LogP) is 4.64. The van der Waals surface area contributed by atoms with E-state index in [0.717, 1.165) is 12.6 Å². The van der Waals surface area contributed by atoms with E-state index in [4.69, 9.17) is 0 Å². The van der Waals surface area contributed by atoms with E-state index in [9.17, 15) is 0 Å². The van der Waals surface area contributed by atoms with Crippen molar-refractivity contribution in [1.29, 1.82) is 0 Å². The average molecular weight is 283 g/mol. The molecule has 1 unspecified atom stereocenters. The van der Waals surface area contributed by atoms with Crippen molar-refractivity contribution in [3.05, 3.63) is 0 Å². The van der Waals surface area contributed by atoms with Crippen LogP contribution in [0.1, 0.15) is 90.9 Å². The molecule has 0 saturated heterocycles. The predicted molar refractivity (Wildman–Crippen MR) is 90.3 cm³/mol. The van der Waals surface area contributed by atoms with Crippen molar-refractivity contribution in [2.24, 2.45) is 0 Å². The minimum absolute atomic E-state index is 0.633. The summed E-state index contributed by atoms with van der Waals surface area (Å²) in [7, 11) is 0. The van der Waals surface area contributed by atoms with Gasteiger partial charge >= 0.3 is 0 Å². The van der Waals surface area contributed by atoms with E-state index < -0.39 is 0 Å². The van der Waals surface area contributed by atoms with Crippen molar-refractivity contribution in [1.82, 2.24) is 10.6 Å². The summed E-state index contributed by atoms with van der Waals surface area (Å²) in [4.78, 5) is 0. The molecule has 0 bridgehead atoms. The second-order valence-electron chi connectivity index (χ2n) is 6.72. The molecule has 20 heavy (non-hydrogen) atoms. The Balaban J connectivity index is 1.69. The Morgan fingerprint density at radius 3 is 1.95 bits per heavy atom. The molecule has 120 valence electrons. The van der Waals surface area contributed by atoms with Gasteiger partial charge in [0.05, 0.1) is 0 Å². The van der Waals surface area contributed by atoms with Crippen molar-refractivity contribution in [2.75, 3.05) is 13.1 Å². The van der Waals surface area contributed by atoms with Gasteiger partial charge in [0.25, 0.3) is 0 Å². The summed E-state index contributed by atoms with van der Waals surface area (Å²) < 4.78 is 0. The van der Waals surface area contributed by atoms with Gasteiger partial charge in [0, 0.05) is 18.6 Å². The Hall–Kier alpha value is -0.0800. The molecule has 0 spiro atoms. The Bertz CT molecular complexity index is 202. The first-order valence-electron chi connectivity index (χ1n) is 9.29. The van der Waals surface area contributed by atoms with Crippen molar-refractivity contribution in [3.63, 3.8) is 0 Å². The zero-order valence-corrected chi connectivity index (χ0v) is 14.1. The van der Waals surface area contributed by atoms with Crippen LogP contribution in [0.2, 0.25) is 0 Å². The van der Waals surface area contributed by atoms with Crippen LogP contribution < -0.4 is 10.6 Å². The van der Waals surface area contributed by atoms with Crippen molar-refractivity contribution in [3.8, 4) is 0 Å². The molecule has 0 aromatic heterocycles. The molecule has 1 rings (SSSR count). The molecular weight excluding hydrogens is 244 g/mol. The number of rotatable bonds is 15. The topological polar surface area (TPSA) is 24.1 Å². The lowest BCUT2D eigenvalue weighted by atomic mass is 10.1. The van der Waals surface area contributed by atoms with Crippen molar-refractivity contribution in [2.45, 2.75) is 103 Å². The summed E-state index contributed by atoms with van der Waals surface area (Å²) in [6.45, 7) is 6.93. The highest BCUT2D eigenvalue weighted by atomic mass is 15.0. The summed E-state index contributed by atoms with van der Waals surface area (Å²) >= 11 is 0. The summed E-state index contributed by atoms with van der Waals surface area (Å²) in [5.41, 5.74) is 0. The first kappa shape index (κ1) is 18.0. The Morgan fingerprint density at radius 1 is 0.850 bits per heavy atom. The maximum atomic E-state index is 3.63. The van der Waals surface area contributed by atoms with Crippen LogP contribution in [-0.2, 0) is 0 Å². The molecule has 2 nitrogen and oxygen atoms in total. The van der Waals surface area contributed by atoms with Gasteiger partial charge in [-0.25, -0.2) is 0 Å². The van der Waals surface area contributed by atoms with Gasteiger partial charge < -0.3 is 10.6 Å². The van der Waals surface area contributed by atoms with Crippen LogP contribution in [0, 0.1) is 0 Å². The van der Waals surface area contributed by atoms with Crippen LogP contribution in [0.3, 0.4) is 0 Å². The van der Waals surface area contributed by atoms with Crippen LogP contribution in [0.15, 0.2) is 0 Å². The van der Waals surface area contributed by atoms with Crippen LogP contribution in [0.5, 0.6) is 0 Å². The van der Waals surface area contributed by atoms with Gasteiger partial charge in [-0.3, -0.25) is 0 Å². The number of nitrogens with one attached hydrogen (secondary N) is 2. The van der Waals surface area contributed by atoms with E-state index in [2.05, 4.69) is 24.5 Å². The summed E-state index contributed by atoms with van der Waals surface area (Å²) in [5, 5.41) is 7.21. The molecule has 0 aliphatic heterocycles. The van der Waals surface area contributed by atoms with E-state index in [1.54, 1.807) is 0 Å². The van der Waals surface area contributed by atoms with Gasteiger partial charge in [0.1, 0.15) is 0 Å². The lowest BCUT2D eigenvalue weighted by molar-refractivity contribution is 0.480. The highest BCUT2D eigenvalue weighted by Gasteiger charge is 2.20. The molecule has 0 aromatic carbocycles. The van der Waals surface area contributed by atoms with Crippen LogP contribution in [-0.4, -0.2) is 25.2 Å². The maximum absolute atomic E-state index is 3.63. The van der Waals surface area contributed by atoms with Gasteiger partial charge in [-0.2, -0.15) is 0 Å². The zero-order valence-electron chi connectivity index (χ0n) is 14.1. The largest absolute Gasteiger partial charge is 0.313 e. The van der Waals surface area contributed by atoms with Gasteiger partial charge in [-0.05, 0) is 32.7 Å². The van der Waals surface area contributed by atoms with E-state index in [1.165, 1.54) is 83.6 Å². The molecule has 1 fully saturated rings. The summed E-state index contributed by atoms with van der Waals surface area (Å²) in [6, 6.07) is 1.48. The molecule has 0 amide bonds. The second kappa shape index (κ2) is 12.6. The Kier molecular flexibility index (Phi) is 11.4. The first-order valence-corrected chi connectivity index (χ1v) is 9.29. The molecule has 0 radical (unpaired) electrons. The zero-order chi connectivity index (χ0) is 14.5. The minimum atomic E-state index is 0.633. The Morgan fingerprint density at radius 2 is 1.40 bits per heavy atom. The molecule has 2 heteroatoms. The fourth-order valence-electron chi connectivity index (χ4n) is 2.66. The van der Waals surface area contributed by atoms with Gasteiger partial charge in [-0.1, -0.05) is 64.7 Å².